The largest absolute Gasteiger partial charge is 0.489 e. The molecule has 1 aromatic carbocycles. The van der Waals surface area contributed by atoms with Crippen molar-refractivity contribution in [2.24, 2.45) is 0 Å². The van der Waals surface area contributed by atoms with E-state index in [1.165, 1.54) is 5.69 Å². The Hall–Kier alpha value is -0.930. The molecular formula is C13H21ClN2O. The molecule has 1 saturated heterocycles. The van der Waals surface area contributed by atoms with Crippen LogP contribution in [0, 0.1) is 0 Å². The van der Waals surface area contributed by atoms with Crippen molar-refractivity contribution in [3.63, 3.8) is 0 Å². The summed E-state index contributed by atoms with van der Waals surface area (Å²) in [6.07, 6.45) is 0.226. The third-order valence-electron chi connectivity index (χ3n) is 2.69. The average molecular weight is 257 g/mol. The first kappa shape index (κ1) is 14.1. The normalized spacial score (nSPS) is 15.6. The topological polar surface area (TPSA) is 24.5 Å². The number of para-hydroxylation sites is 2. The minimum Gasteiger partial charge on any atom is -0.489 e. The molecular weight excluding hydrogens is 236 g/mol. The van der Waals surface area contributed by atoms with Crippen LogP contribution in [0.25, 0.3) is 0 Å². The van der Waals surface area contributed by atoms with E-state index >= 15 is 0 Å². The number of anilines is 1. The molecule has 17 heavy (non-hydrogen) atoms. The fraction of sp³-hybridized carbons (Fsp3) is 0.538. The molecule has 2 rings (SSSR count). The molecule has 0 atom stereocenters. The molecule has 0 bridgehead atoms. The van der Waals surface area contributed by atoms with E-state index in [9.17, 15) is 0 Å². The Bertz CT molecular complexity index is 338. The highest BCUT2D eigenvalue weighted by molar-refractivity contribution is 5.85. The molecule has 96 valence electrons. The second kappa shape index (κ2) is 6.72. The van der Waals surface area contributed by atoms with Crippen molar-refractivity contribution >= 4 is 18.1 Å². The van der Waals surface area contributed by atoms with Crippen molar-refractivity contribution in [2.75, 3.05) is 31.1 Å². The van der Waals surface area contributed by atoms with Gasteiger partial charge in [0, 0.05) is 26.2 Å². The Labute approximate surface area is 110 Å². The summed E-state index contributed by atoms with van der Waals surface area (Å²) >= 11 is 0. The van der Waals surface area contributed by atoms with Crippen LogP contribution in [0.1, 0.15) is 13.8 Å². The maximum atomic E-state index is 5.84. The standard InChI is InChI=1S/C13H20N2O.ClH/c1-11(2)16-13-6-4-3-5-12(13)15-9-7-14-8-10-15;/h3-6,11,14H,7-10H2,1-2H3;1H. The summed E-state index contributed by atoms with van der Waals surface area (Å²) in [5.41, 5.74) is 1.22. The molecule has 1 fully saturated rings. The summed E-state index contributed by atoms with van der Waals surface area (Å²) in [5.74, 6) is 0.999. The quantitative estimate of drug-likeness (QED) is 0.898. The van der Waals surface area contributed by atoms with Crippen molar-refractivity contribution in [2.45, 2.75) is 20.0 Å². The number of halogens is 1. The van der Waals surface area contributed by atoms with Crippen LogP contribution in [0.5, 0.6) is 5.75 Å². The lowest BCUT2D eigenvalue weighted by Gasteiger charge is -2.31. The zero-order valence-electron chi connectivity index (χ0n) is 10.5. The maximum Gasteiger partial charge on any atom is 0.142 e. The van der Waals surface area contributed by atoms with Gasteiger partial charge in [0.15, 0.2) is 0 Å². The number of ether oxygens (including phenoxy) is 1. The van der Waals surface area contributed by atoms with Crippen molar-refractivity contribution in [1.29, 1.82) is 0 Å². The minimum absolute atomic E-state index is 0. The highest BCUT2D eigenvalue weighted by Crippen LogP contribution is 2.28. The average Bonchev–Trinajstić information content (AvgIpc) is 2.30. The van der Waals surface area contributed by atoms with Crippen molar-refractivity contribution in [3.05, 3.63) is 24.3 Å². The molecule has 0 saturated carbocycles. The lowest BCUT2D eigenvalue weighted by Crippen LogP contribution is -2.43. The van der Waals surface area contributed by atoms with Crippen LogP contribution in [0.3, 0.4) is 0 Å². The SMILES string of the molecule is CC(C)Oc1ccccc1N1CCNCC1.Cl. The van der Waals surface area contributed by atoms with Gasteiger partial charge in [-0.2, -0.15) is 0 Å². The van der Waals surface area contributed by atoms with Gasteiger partial charge in [0.2, 0.25) is 0 Å². The predicted molar refractivity (Wildman–Crippen MR) is 74.5 cm³/mol. The van der Waals surface area contributed by atoms with Crippen LogP contribution >= 0.6 is 12.4 Å². The number of nitrogens with one attached hydrogen (secondary N) is 1. The molecule has 1 aliphatic rings. The number of benzene rings is 1. The van der Waals surface area contributed by atoms with Crippen LogP contribution in [0.4, 0.5) is 5.69 Å². The Kier molecular flexibility index (Phi) is 5.59. The molecule has 3 nitrogen and oxygen atoms in total. The summed E-state index contributed by atoms with van der Waals surface area (Å²) in [4.78, 5) is 2.38. The minimum atomic E-state index is 0. The van der Waals surface area contributed by atoms with Gasteiger partial charge in [-0.25, -0.2) is 0 Å². The van der Waals surface area contributed by atoms with Gasteiger partial charge in [0.25, 0.3) is 0 Å². The number of nitrogens with zero attached hydrogens (tertiary/aromatic N) is 1. The Balaban J connectivity index is 0.00000144. The van der Waals surface area contributed by atoms with Gasteiger partial charge in [-0.3, -0.25) is 0 Å². The van der Waals surface area contributed by atoms with Crippen molar-refractivity contribution < 1.29 is 4.74 Å². The van der Waals surface area contributed by atoms with E-state index in [1.54, 1.807) is 0 Å². The van der Waals surface area contributed by atoms with Crippen LogP contribution in [0.2, 0.25) is 0 Å². The fourth-order valence-corrected chi connectivity index (χ4v) is 1.98. The van der Waals surface area contributed by atoms with Crippen LogP contribution in [-0.2, 0) is 0 Å². The summed E-state index contributed by atoms with van der Waals surface area (Å²) < 4.78 is 5.84. The van der Waals surface area contributed by atoms with Gasteiger partial charge in [0.1, 0.15) is 5.75 Å². The molecule has 0 radical (unpaired) electrons. The summed E-state index contributed by atoms with van der Waals surface area (Å²) in [6, 6.07) is 8.30. The van der Waals surface area contributed by atoms with E-state index in [2.05, 4.69) is 42.3 Å². The van der Waals surface area contributed by atoms with Crippen LogP contribution in [-0.4, -0.2) is 32.3 Å². The number of rotatable bonds is 3. The zero-order chi connectivity index (χ0) is 11.4. The molecule has 0 aromatic heterocycles. The predicted octanol–water partition coefficient (Wildman–Crippen LogP) is 2.31. The van der Waals surface area contributed by atoms with Crippen LogP contribution < -0.4 is 15.0 Å². The summed E-state index contributed by atoms with van der Waals surface area (Å²) in [5, 5.41) is 3.36. The third-order valence-corrected chi connectivity index (χ3v) is 2.69. The highest BCUT2D eigenvalue weighted by atomic mass is 35.5. The molecule has 4 heteroatoms. The summed E-state index contributed by atoms with van der Waals surface area (Å²) in [7, 11) is 0. The smallest absolute Gasteiger partial charge is 0.142 e. The third kappa shape index (κ3) is 3.79. The van der Waals surface area contributed by atoms with E-state index in [4.69, 9.17) is 4.74 Å². The Morgan fingerprint density at radius 1 is 1.18 bits per heavy atom. The molecule has 0 spiro atoms. The monoisotopic (exact) mass is 256 g/mol. The van der Waals surface area contributed by atoms with Gasteiger partial charge >= 0.3 is 0 Å². The van der Waals surface area contributed by atoms with E-state index < -0.39 is 0 Å². The van der Waals surface area contributed by atoms with E-state index in [1.807, 2.05) is 6.07 Å². The van der Waals surface area contributed by atoms with Gasteiger partial charge in [0.05, 0.1) is 11.8 Å². The first-order valence-corrected chi connectivity index (χ1v) is 5.99. The van der Waals surface area contributed by atoms with Gasteiger partial charge in [-0.15, -0.1) is 12.4 Å². The van der Waals surface area contributed by atoms with Gasteiger partial charge in [-0.05, 0) is 26.0 Å². The molecule has 0 amide bonds. The van der Waals surface area contributed by atoms with E-state index in [0.29, 0.717) is 0 Å². The first-order valence-electron chi connectivity index (χ1n) is 5.99. The van der Waals surface area contributed by atoms with E-state index in [0.717, 1.165) is 31.9 Å². The molecule has 1 N–H and O–H groups in total. The number of piperazine rings is 1. The van der Waals surface area contributed by atoms with E-state index in [-0.39, 0.29) is 18.5 Å². The van der Waals surface area contributed by atoms with Gasteiger partial charge < -0.3 is 15.0 Å². The van der Waals surface area contributed by atoms with Crippen LogP contribution in [0.15, 0.2) is 24.3 Å². The van der Waals surface area contributed by atoms with Crippen molar-refractivity contribution in [1.82, 2.24) is 5.32 Å². The molecule has 0 aliphatic carbocycles. The second-order valence-corrected chi connectivity index (χ2v) is 4.37. The summed E-state index contributed by atoms with van der Waals surface area (Å²) in [6.45, 7) is 8.34. The highest BCUT2D eigenvalue weighted by Gasteiger charge is 2.14. The molecule has 1 aliphatic heterocycles. The lowest BCUT2D eigenvalue weighted by atomic mass is 10.2. The Morgan fingerprint density at radius 3 is 2.47 bits per heavy atom. The maximum absolute atomic E-state index is 5.84. The number of hydrogen-bond acceptors (Lipinski definition) is 3. The Morgan fingerprint density at radius 2 is 1.82 bits per heavy atom. The molecule has 1 aromatic rings. The first-order chi connectivity index (χ1) is 7.77. The van der Waals surface area contributed by atoms with Gasteiger partial charge in [-0.1, -0.05) is 12.1 Å². The van der Waals surface area contributed by atoms with Crippen molar-refractivity contribution in [3.8, 4) is 5.75 Å². The molecule has 0 unspecified atom stereocenters. The number of hydrogen-bond donors (Lipinski definition) is 1. The molecule has 1 heterocycles. The lowest BCUT2D eigenvalue weighted by molar-refractivity contribution is 0.242. The fourth-order valence-electron chi connectivity index (χ4n) is 1.98. The second-order valence-electron chi connectivity index (χ2n) is 4.37. The zero-order valence-corrected chi connectivity index (χ0v) is 11.3.